The number of hydrogen-bond donors (Lipinski definition) is 2. The van der Waals surface area contributed by atoms with Crippen molar-refractivity contribution in [2.45, 2.75) is 58.0 Å². The second kappa shape index (κ2) is 10.1. The van der Waals surface area contributed by atoms with E-state index in [4.69, 9.17) is 0 Å². The summed E-state index contributed by atoms with van der Waals surface area (Å²) in [6, 6.07) is 5.84. The number of likely N-dealkylation sites (tertiary alicyclic amines) is 2. The molecule has 11 heteroatoms. The number of carbonyl (C=O) groups excluding carboxylic acids is 5. The fourth-order valence-corrected chi connectivity index (χ4v) is 8.50. The molecule has 6 atom stereocenters. The summed E-state index contributed by atoms with van der Waals surface area (Å²) in [5.74, 6) is -1.04. The van der Waals surface area contributed by atoms with Crippen molar-refractivity contribution in [1.82, 2.24) is 25.4 Å². The van der Waals surface area contributed by atoms with Gasteiger partial charge < -0.3 is 20.4 Å². The van der Waals surface area contributed by atoms with Crippen molar-refractivity contribution in [1.29, 1.82) is 0 Å². The zero-order valence-electron chi connectivity index (χ0n) is 24.0. The van der Waals surface area contributed by atoms with Gasteiger partial charge in [0.05, 0.1) is 22.2 Å². The highest BCUT2D eigenvalue weighted by Gasteiger charge is 2.69. The number of ketones is 1. The van der Waals surface area contributed by atoms with Crippen molar-refractivity contribution < 1.29 is 24.0 Å². The van der Waals surface area contributed by atoms with Crippen molar-refractivity contribution in [2.24, 2.45) is 35.0 Å². The summed E-state index contributed by atoms with van der Waals surface area (Å²) in [6.45, 7) is 6.38. The zero-order valence-corrected chi connectivity index (χ0v) is 24.8. The lowest BCUT2D eigenvalue weighted by Crippen LogP contribution is -2.55. The summed E-state index contributed by atoms with van der Waals surface area (Å²) in [6.07, 6.45) is 3.22. The van der Waals surface area contributed by atoms with Crippen molar-refractivity contribution >= 4 is 51.0 Å². The quantitative estimate of drug-likeness (QED) is 0.431. The highest BCUT2D eigenvalue weighted by molar-refractivity contribution is 7.20. The van der Waals surface area contributed by atoms with Crippen LogP contribution in [0.1, 0.15) is 55.8 Å². The molecule has 5 fully saturated rings. The molecule has 0 unspecified atom stereocenters. The minimum atomic E-state index is -0.938. The second-order valence-corrected chi connectivity index (χ2v) is 14.5. The lowest BCUT2D eigenvalue weighted by Gasteiger charge is -2.33. The third kappa shape index (κ3) is 4.79. The fourth-order valence-electron chi connectivity index (χ4n) is 7.54. The fraction of sp³-hybridized carbons (Fsp3) is 0.613. The van der Waals surface area contributed by atoms with Gasteiger partial charge in [0.25, 0.3) is 0 Å². The first-order chi connectivity index (χ1) is 20.1. The maximum absolute atomic E-state index is 14.1. The van der Waals surface area contributed by atoms with Crippen LogP contribution in [0.3, 0.4) is 0 Å². The molecule has 3 aliphatic heterocycles. The average molecular weight is 592 g/mol. The predicted molar refractivity (Wildman–Crippen MR) is 155 cm³/mol. The number of benzene rings is 1. The summed E-state index contributed by atoms with van der Waals surface area (Å²) in [5.41, 5.74) is 0.617. The summed E-state index contributed by atoms with van der Waals surface area (Å²) >= 11 is 1.28. The number of piperidine rings is 1. The van der Waals surface area contributed by atoms with Gasteiger partial charge in [-0.2, -0.15) is 0 Å². The number of hydrogen-bond acceptors (Lipinski definition) is 7. The van der Waals surface area contributed by atoms with E-state index in [-0.39, 0.29) is 65.4 Å². The van der Waals surface area contributed by atoms with Gasteiger partial charge in [-0.25, -0.2) is 4.98 Å². The number of carbonyl (C=O) groups is 5. The molecule has 2 saturated carbocycles. The molecule has 42 heavy (non-hydrogen) atoms. The molecule has 5 aliphatic rings. The van der Waals surface area contributed by atoms with E-state index in [2.05, 4.69) is 29.5 Å². The van der Waals surface area contributed by atoms with Gasteiger partial charge in [-0.1, -0.05) is 26.0 Å². The SMILES string of the molecule is CC1(C)[C@@H]2[C@@H](C(=O)N[C@@H](C[C@@H]3CCNC3=O)C(=O)c3nc4ccccc4s3)N(C(=O)[C@@H]3CC(=O)N(CC4CC4)C3)C[C@@H]21. The van der Waals surface area contributed by atoms with Crippen LogP contribution >= 0.6 is 11.3 Å². The number of thiazole rings is 1. The number of nitrogens with zero attached hydrogens (tertiary/aromatic N) is 3. The standard InChI is InChI=1S/C31H37N5O5S/c1-31(2)19-15-36(30(41)18-12-23(37)35(14-18)13-16-7-8-16)25(24(19)31)28(40)33-21(11-17-9-10-32-27(17)39)26(38)29-34-20-5-3-4-6-22(20)42-29/h3-6,16-19,21,24-25H,7-15H2,1-2H3,(H,32,39)(H,33,40)/t17-,18+,19-,21-,24-,25-/m0/s1. The van der Waals surface area contributed by atoms with Gasteiger partial charge in [-0.15, -0.1) is 11.3 Å². The Morgan fingerprint density at radius 3 is 2.64 bits per heavy atom. The number of rotatable bonds is 9. The Morgan fingerprint density at radius 2 is 1.93 bits per heavy atom. The van der Waals surface area contributed by atoms with Crippen LogP contribution in [0, 0.1) is 35.0 Å². The van der Waals surface area contributed by atoms with Crippen LogP contribution in [-0.2, 0) is 19.2 Å². The topological polar surface area (TPSA) is 129 Å². The van der Waals surface area contributed by atoms with Crippen molar-refractivity contribution in [3.8, 4) is 0 Å². The smallest absolute Gasteiger partial charge is 0.243 e. The van der Waals surface area contributed by atoms with Gasteiger partial charge in [0.15, 0.2) is 5.01 Å². The molecule has 2 aromatic rings. The first-order valence-electron chi connectivity index (χ1n) is 15.2. The van der Waals surface area contributed by atoms with E-state index in [0.717, 1.165) is 24.1 Å². The van der Waals surface area contributed by atoms with E-state index in [1.54, 1.807) is 4.90 Å². The third-order valence-electron chi connectivity index (χ3n) is 10.3. The van der Waals surface area contributed by atoms with E-state index in [1.165, 1.54) is 11.3 Å². The molecule has 1 aromatic heterocycles. The minimum Gasteiger partial charge on any atom is -0.356 e. The lowest BCUT2D eigenvalue weighted by atomic mass is 9.94. The van der Waals surface area contributed by atoms with Gasteiger partial charge in [0.1, 0.15) is 6.04 Å². The normalized spacial score (nSPS) is 30.4. The summed E-state index contributed by atoms with van der Waals surface area (Å²) in [4.78, 5) is 74.9. The van der Waals surface area contributed by atoms with Gasteiger partial charge >= 0.3 is 0 Å². The van der Waals surface area contributed by atoms with Gasteiger partial charge in [0.2, 0.25) is 29.4 Å². The molecule has 0 radical (unpaired) electrons. The number of fused-ring (bicyclic) bond motifs is 2. The molecule has 3 saturated heterocycles. The molecule has 1 aromatic carbocycles. The van der Waals surface area contributed by atoms with Crippen LogP contribution in [-0.4, -0.2) is 82.5 Å². The van der Waals surface area contributed by atoms with E-state index < -0.39 is 18.0 Å². The van der Waals surface area contributed by atoms with E-state index in [0.29, 0.717) is 42.5 Å². The van der Waals surface area contributed by atoms with Crippen molar-refractivity contribution in [3.05, 3.63) is 29.3 Å². The number of aromatic nitrogens is 1. The molecule has 7 rings (SSSR count). The zero-order chi connectivity index (χ0) is 29.3. The molecule has 4 amide bonds. The Morgan fingerprint density at radius 1 is 1.14 bits per heavy atom. The summed E-state index contributed by atoms with van der Waals surface area (Å²) in [7, 11) is 0. The maximum atomic E-state index is 14.1. The molecular weight excluding hydrogens is 554 g/mol. The molecule has 0 bridgehead atoms. The van der Waals surface area contributed by atoms with Gasteiger partial charge in [-0.05, 0) is 61.0 Å². The Balaban J connectivity index is 1.12. The first-order valence-corrected chi connectivity index (χ1v) is 16.0. The summed E-state index contributed by atoms with van der Waals surface area (Å²) in [5, 5.41) is 6.12. The summed E-state index contributed by atoms with van der Waals surface area (Å²) < 4.78 is 0.876. The van der Waals surface area contributed by atoms with E-state index in [9.17, 15) is 24.0 Å². The monoisotopic (exact) mass is 591 g/mol. The first kappa shape index (κ1) is 27.5. The van der Waals surface area contributed by atoms with Crippen molar-refractivity contribution in [2.75, 3.05) is 26.2 Å². The van der Waals surface area contributed by atoms with Crippen LogP contribution in [0.5, 0.6) is 0 Å². The molecule has 2 aliphatic carbocycles. The highest BCUT2D eigenvalue weighted by Crippen LogP contribution is 2.65. The van der Waals surface area contributed by atoms with Crippen LogP contribution in [0.25, 0.3) is 10.2 Å². The molecule has 10 nitrogen and oxygen atoms in total. The minimum absolute atomic E-state index is 0.0160. The maximum Gasteiger partial charge on any atom is 0.243 e. The molecule has 222 valence electrons. The average Bonchev–Trinajstić information content (AvgIpc) is 3.49. The van der Waals surface area contributed by atoms with Crippen molar-refractivity contribution in [3.63, 3.8) is 0 Å². The molecular formula is C31H37N5O5S. The Hall–Kier alpha value is -3.34. The van der Waals surface area contributed by atoms with Crippen LogP contribution in [0.15, 0.2) is 24.3 Å². The Bertz CT molecular complexity index is 1450. The van der Waals surface area contributed by atoms with E-state index >= 15 is 0 Å². The molecule has 0 spiro atoms. The Kier molecular flexibility index (Phi) is 6.64. The van der Waals surface area contributed by atoms with Gasteiger partial charge in [0, 0.05) is 38.5 Å². The van der Waals surface area contributed by atoms with Gasteiger partial charge in [-0.3, -0.25) is 24.0 Å². The molecule has 4 heterocycles. The number of nitrogens with one attached hydrogen (secondary N) is 2. The number of Topliss-reactive ketones (excluding diaryl/α,β-unsaturated/α-hetero) is 1. The second-order valence-electron chi connectivity index (χ2n) is 13.5. The van der Waals surface area contributed by atoms with E-state index in [1.807, 2.05) is 29.2 Å². The van der Waals surface area contributed by atoms with Crippen LogP contribution in [0.4, 0.5) is 0 Å². The highest BCUT2D eigenvalue weighted by atomic mass is 32.1. The largest absolute Gasteiger partial charge is 0.356 e. The molecule has 2 N–H and O–H groups in total. The predicted octanol–water partition coefficient (Wildman–Crippen LogP) is 2.23. The number of amides is 4. The Labute approximate surface area is 248 Å². The van der Waals surface area contributed by atoms with Crippen LogP contribution in [0.2, 0.25) is 0 Å². The number of para-hydroxylation sites is 1. The van der Waals surface area contributed by atoms with Crippen LogP contribution < -0.4 is 10.6 Å². The third-order valence-corrected chi connectivity index (χ3v) is 11.4. The lowest BCUT2D eigenvalue weighted by molar-refractivity contribution is -0.143.